The van der Waals surface area contributed by atoms with E-state index in [1.807, 2.05) is 0 Å². The summed E-state index contributed by atoms with van der Waals surface area (Å²) in [6.45, 7) is 0.466. The monoisotopic (exact) mass is 356 g/mol. The van der Waals surface area contributed by atoms with E-state index in [9.17, 15) is 9.18 Å². The van der Waals surface area contributed by atoms with Crippen molar-refractivity contribution in [3.63, 3.8) is 0 Å². The molecule has 2 N–H and O–H groups in total. The molecule has 1 aromatic heterocycles. The standard InChI is InChI=1S/C20H25FN4O/c21-16-9-7-15(8-10-16)11-12-22-20(26)18-13-24-19(14-23-18)25-17-5-3-1-2-4-6-17/h7-10,13-14,17H,1-6,11-12H2,(H,22,26)(H,24,25). The van der Waals surface area contributed by atoms with Gasteiger partial charge in [-0.2, -0.15) is 0 Å². The third-order valence-corrected chi connectivity index (χ3v) is 4.70. The van der Waals surface area contributed by atoms with Crippen LogP contribution in [0.3, 0.4) is 0 Å². The van der Waals surface area contributed by atoms with Gasteiger partial charge in [0.25, 0.3) is 5.91 Å². The Balaban J connectivity index is 1.46. The summed E-state index contributed by atoms with van der Waals surface area (Å²) in [5.74, 6) is 0.214. The van der Waals surface area contributed by atoms with Crippen LogP contribution in [0.4, 0.5) is 10.2 Å². The second-order valence-electron chi connectivity index (χ2n) is 6.75. The molecule has 1 heterocycles. The molecule has 0 unspecified atom stereocenters. The summed E-state index contributed by atoms with van der Waals surface area (Å²) in [5.41, 5.74) is 1.27. The molecular weight excluding hydrogens is 331 g/mol. The second kappa shape index (κ2) is 9.27. The first kappa shape index (κ1) is 18.3. The highest BCUT2D eigenvalue weighted by atomic mass is 19.1. The van der Waals surface area contributed by atoms with Crippen LogP contribution in [0.5, 0.6) is 0 Å². The van der Waals surface area contributed by atoms with E-state index in [1.54, 1.807) is 18.3 Å². The Hall–Kier alpha value is -2.50. The summed E-state index contributed by atoms with van der Waals surface area (Å²) in [4.78, 5) is 20.7. The fourth-order valence-electron chi connectivity index (χ4n) is 3.21. The number of anilines is 1. The Bertz CT molecular complexity index is 695. The molecule has 6 heteroatoms. The van der Waals surface area contributed by atoms with Crippen LogP contribution >= 0.6 is 0 Å². The number of hydrogen-bond donors (Lipinski definition) is 2. The molecule has 0 aliphatic heterocycles. The fourth-order valence-corrected chi connectivity index (χ4v) is 3.21. The van der Waals surface area contributed by atoms with Crippen molar-refractivity contribution in [2.45, 2.75) is 51.0 Å². The third-order valence-electron chi connectivity index (χ3n) is 4.70. The van der Waals surface area contributed by atoms with Crippen LogP contribution in [0.15, 0.2) is 36.7 Å². The zero-order valence-corrected chi connectivity index (χ0v) is 14.9. The van der Waals surface area contributed by atoms with Crippen molar-refractivity contribution in [3.05, 3.63) is 53.7 Å². The number of hydrogen-bond acceptors (Lipinski definition) is 4. The van der Waals surface area contributed by atoms with Crippen molar-refractivity contribution in [2.75, 3.05) is 11.9 Å². The maximum atomic E-state index is 12.9. The molecule has 26 heavy (non-hydrogen) atoms. The largest absolute Gasteiger partial charge is 0.366 e. The molecule has 0 radical (unpaired) electrons. The molecule has 2 aromatic rings. The smallest absolute Gasteiger partial charge is 0.271 e. The molecule has 0 spiro atoms. The quantitative estimate of drug-likeness (QED) is 0.774. The topological polar surface area (TPSA) is 66.9 Å². The van der Waals surface area contributed by atoms with Gasteiger partial charge < -0.3 is 10.6 Å². The highest BCUT2D eigenvalue weighted by Gasteiger charge is 2.13. The summed E-state index contributed by atoms with van der Waals surface area (Å²) in [5, 5.41) is 6.24. The van der Waals surface area contributed by atoms with Crippen LogP contribution in [0.2, 0.25) is 0 Å². The van der Waals surface area contributed by atoms with Crippen LogP contribution in [-0.4, -0.2) is 28.5 Å². The van der Waals surface area contributed by atoms with E-state index >= 15 is 0 Å². The zero-order chi connectivity index (χ0) is 18.2. The molecule has 1 aliphatic rings. The number of benzene rings is 1. The Labute approximate surface area is 153 Å². The molecule has 1 aliphatic carbocycles. The zero-order valence-electron chi connectivity index (χ0n) is 14.9. The molecular formula is C20H25FN4O. The molecule has 3 rings (SSSR count). The van der Waals surface area contributed by atoms with Gasteiger partial charge in [0.15, 0.2) is 0 Å². The maximum Gasteiger partial charge on any atom is 0.271 e. The Morgan fingerprint density at radius 3 is 2.42 bits per heavy atom. The lowest BCUT2D eigenvalue weighted by Crippen LogP contribution is -2.27. The van der Waals surface area contributed by atoms with Crippen molar-refractivity contribution in [1.29, 1.82) is 0 Å². The minimum Gasteiger partial charge on any atom is -0.366 e. The van der Waals surface area contributed by atoms with Crippen LogP contribution in [0.1, 0.15) is 54.6 Å². The summed E-state index contributed by atoms with van der Waals surface area (Å²) in [7, 11) is 0. The van der Waals surface area contributed by atoms with Crippen LogP contribution in [0.25, 0.3) is 0 Å². The molecule has 0 saturated heterocycles. The number of nitrogens with zero attached hydrogens (tertiary/aromatic N) is 2. The predicted molar refractivity (Wildman–Crippen MR) is 99.6 cm³/mol. The first-order valence-electron chi connectivity index (χ1n) is 9.32. The average molecular weight is 356 g/mol. The fraction of sp³-hybridized carbons (Fsp3) is 0.450. The highest BCUT2D eigenvalue weighted by molar-refractivity contribution is 5.91. The van der Waals surface area contributed by atoms with Gasteiger partial charge in [0.05, 0.1) is 12.4 Å². The Morgan fingerprint density at radius 2 is 1.77 bits per heavy atom. The van der Waals surface area contributed by atoms with Crippen molar-refractivity contribution in [1.82, 2.24) is 15.3 Å². The van der Waals surface area contributed by atoms with Crippen molar-refractivity contribution < 1.29 is 9.18 Å². The van der Waals surface area contributed by atoms with E-state index < -0.39 is 0 Å². The van der Waals surface area contributed by atoms with Gasteiger partial charge in [-0.25, -0.2) is 14.4 Å². The molecule has 0 atom stereocenters. The lowest BCUT2D eigenvalue weighted by Gasteiger charge is -2.16. The lowest BCUT2D eigenvalue weighted by molar-refractivity contribution is 0.0949. The van der Waals surface area contributed by atoms with Gasteiger partial charge in [0, 0.05) is 12.6 Å². The van der Waals surface area contributed by atoms with E-state index in [2.05, 4.69) is 20.6 Å². The lowest BCUT2D eigenvalue weighted by atomic mass is 10.1. The summed E-state index contributed by atoms with van der Waals surface area (Å²) in [6.07, 6.45) is 11.2. The molecule has 138 valence electrons. The minimum atomic E-state index is -0.259. The normalized spacial score (nSPS) is 15.3. The molecule has 1 amide bonds. The summed E-state index contributed by atoms with van der Waals surface area (Å²) < 4.78 is 12.9. The number of amides is 1. The first-order valence-corrected chi connectivity index (χ1v) is 9.32. The van der Waals surface area contributed by atoms with Crippen LogP contribution in [0, 0.1) is 5.82 Å². The van der Waals surface area contributed by atoms with Gasteiger partial charge in [-0.3, -0.25) is 4.79 Å². The van der Waals surface area contributed by atoms with Crippen molar-refractivity contribution in [3.8, 4) is 0 Å². The van der Waals surface area contributed by atoms with Gasteiger partial charge in [-0.15, -0.1) is 0 Å². The van der Waals surface area contributed by atoms with Gasteiger partial charge in [0.2, 0.25) is 0 Å². The molecule has 1 saturated carbocycles. The number of aromatic nitrogens is 2. The third kappa shape index (κ3) is 5.51. The number of carbonyl (C=O) groups excluding carboxylic acids is 1. The second-order valence-corrected chi connectivity index (χ2v) is 6.75. The van der Waals surface area contributed by atoms with Gasteiger partial charge in [0.1, 0.15) is 17.3 Å². The number of halogens is 1. The SMILES string of the molecule is O=C(NCCc1ccc(F)cc1)c1cnc(NC2CCCCCC2)cn1. The van der Waals surface area contributed by atoms with Crippen molar-refractivity contribution in [2.24, 2.45) is 0 Å². The van der Waals surface area contributed by atoms with Crippen molar-refractivity contribution >= 4 is 11.7 Å². The molecule has 1 fully saturated rings. The van der Waals surface area contributed by atoms with Gasteiger partial charge >= 0.3 is 0 Å². The Kier molecular flexibility index (Phi) is 6.52. The van der Waals surface area contributed by atoms with E-state index in [-0.39, 0.29) is 11.7 Å². The number of carbonyl (C=O) groups is 1. The van der Waals surface area contributed by atoms with Crippen LogP contribution in [-0.2, 0) is 6.42 Å². The van der Waals surface area contributed by atoms with E-state index in [1.165, 1.54) is 44.0 Å². The minimum absolute atomic E-state index is 0.249. The van der Waals surface area contributed by atoms with Crippen LogP contribution < -0.4 is 10.6 Å². The number of nitrogens with one attached hydrogen (secondary N) is 2. The summed E-state index contributed by atoms with van der Waals surface area (Å²) >= 11 is 0. The van der Waals surface area contributed by atoms with Gasteiger partial charge in [-0.1, -0.05) is 37.8 Å². The molecule has 0 bridgehead atoms. The van der Waals surface area contributed by atoms with E-state index in [0.29, 0.717) is 24.7 Å². The van der Waals surface area contributed by atoms with Gasteiger partial charge in [-0.05, 0) is 37.0 Å². The summed E-state index contributed by atoms with van der Waals surface area (Å²) in [6, 6.07) is 6.72. The van der Waals surface area contributed by atoms with E-state index in [0.717, 1.165) is 24.2 Å². The Morgan fingerprint density at radius 1 is 1.04 bits per heavy atom. The number of rotatable bonds is 6. The van der Waals surface area contributed by atoms with E-state index in [4.69, 9.17) is 0 Å². The maximum absolute atomic E-state index is 12.9. The molecule has 1 aromatic carbocycles. The highest BCUT2D eigenvalue weighted by Crippen LogP contribution is 2.20. The average Bonchev–Trinajstić information content (AvgIpc) is 2.92. The first-order chi connectivity index (χ1) is 12.7. The molecule has 5 nitrogen and oxygen atoms in total. The predicted octanol–water partition coefficient (Wildman–Crippen LogP) is 3.72.